The molecule has 2 heterocycles. The molecule has 1 N–H and O–H groups in total. The van der Waals surface area contributed by atoms with Gasteiger partial charge in [-0.25, -0.2) is 4.98 Å². The highest BCUT2D eigenvalue weighted by molar-refractivity contribution is 7.86. The van der Waals surface area contributed by atoms with Crippen LogP contribution in [0.1, 0.15) is 22.6 Å². The number of rotatable bonds is 10. The topological polar surface area (TPSA) is 122 Å². The van der Waals surface area contributed by atoms with Crippen molar-refractivity contribution in [2.45, 2.75) is 27.0 Å². The van der Waals surface area contributed by atoms with Gasteiger partial charge in [0.15, 0.2) is 0 Å². The minimum Gasteiger partial charge on any atom is -0.487 e. The predicted molar refractivity (Wildman–Crippen MR) is 132 cm³/mol. The summed E-state index contributed by atoms with van der Waals surface area (Å²) in [6.07, 6.45) is 0. The summed E-state index contributed by atoms with van der Waals surface area (Å²) < 4.78 is 45.1. The van der Waals surface area contributed by atoms with E-state index in [1.165, 1.54) is 4.31 Å². The monoisotopic (exact) mass is 515 g/mol. The van der Waals surface area contributed by atoms with Crippen molar-refractivity contribution >= 4 is 16.2 Å². The Kier molecular flexibility index (Phi) is 8.04. The summed E-state index contributed by atoms with van der Waals surface area (Å²) in [5.74, 6) is 0.542. The second-order valence-electron chi connectivity index (χ2n) is 8.50. The number of oxazole rings is 1. The van der Waals surface area contributed by atoms with Crippen LogP contribution in [0, 0.1) is 13.8 Å². The molecule has 0 radical (unpaired) electrons. The zero-order valence-corrected chi connectivity index (χ0v) is 21.0. The third-order valence-corrected chi connectivity index (χ3v) is 7.71. The Morgan fingerprint density at radius 3 is 2.39 bits per heavy atom. The third kappa shape index (κ3) is 6.30. The fraction of sp³-hybridized carbons (Fsp3) is 0.360. The smallest absolute Gasteiger partial charge is 0.318 e. The normalized spacial score (nSPS) is 14.8. The van der Waals surface area contributed by atoms with Crippen molar-refractivity contribution in [1.29, 1.82) is 0 Å². The lowest BCUT2D eigenvalue weighted by molar-refractivity contribution is -0.137. The first kappa shape index (κ1) is 25.8. The maximum Gasteiger partial charge on any atom is 0.318 e. The van der Waals surface area contributed by atoms with Crippen LogP contribution >= 0.6 is 0 Å². The Hall–Kier alpha value is -3.25. The van der Waals surface area contributed by atoms with E-state index in [0.29, 0.717) is 28.7 Å². The van der Waals surface area contributed by atoms with Crippen molar-refractivity contribution < 1.29 is 32.2 Å². The Bertz CT molecular complexity index is 1280. The molecule has 0 unspecified atom stereocenters. The summed E-state index contributed by atoms with van der Waals surface area (Å²) in [5.41, 5.74) is 3.36. The summed E-state index contributed by atoms with van der Waals surface area (Å²) in [7, 11) is -3.95. The standard InChI is InChI=1S/C25H29N3O7S/c1-18-3-7-21(8-4-18)25-26-23(19(2)35-25)17-34-22-9-5-20(6-10-22)15-28(16-24(29)30)36(31,32)27-11-13-33-14-12-27/h3-10H,11-17H2,1-2H3,(H,29,30). The molecule has 1 saturated heterocycles. The lowest BCUT2D eigenvalue weighted by atomic mass is 10.1. The highest BCUT2D eigenvalue weighted by Crippen LogP contribution is 2.24. The maximum absolute atomic E-state index is 13.0. The summed E-state index contributed by atoms with van der Waals surface area (Å²) in [6, 6.07) is 14.8. The van der Waals surface area contributed by atoms with Crippen LogP contribution in [0.15, 0.2) is 52.9 Å². The fourth-order valence-corrected chi connectivity index (χ4v) is 5.26. The van der Waals surface area contributed by atoms with Gasteiger partial charge in [-0.15, -0.1) is 0 Å². The van der Waals surface area contributed by atoms with Gasteiger partial charge in [-0.05, 0) is 43.7 Å². The molecule has 3 aromatic rings. The zero-order valence-electron chi connectivity index (χ0n) is 20.2. The number of aromatic nitrogens is 1. The Morgan fingerprint density at radius 2 is 1.75 bits per heavy atom. The van der Waals surface area contributed by atoms with Gasteiger partial charge in [0, 0.05) is 25.2 Å². The van der Waals surface area contributed by atoms with E-state index in [-0.39, 0.29) is 39.5 Å². The second kappa shape index (κ2) is 11.2. The molecule has 0 spiro atoms. The van der Waals surface area contributed by atoms with Crippen molar-refractivity contribution in [2.24, 2.45) is 0 Å². The van der Waals surface area contributed by atoms with Gasteiger partial charge in [0.2, 0.25) is 5.89 Å². The zero-order chi connectivity index (χ0) is 25.7. The lowest BCUT2D eigenvalue weighted by Crippen LogP contribution is -2.49. The summed E-state index contributed by atoms with van der Waals surface area (Å²) in [5, 5.41) is 9.27. The first-order valence-electron chi connectivity index (χ1n) is 11.5. The van der Waals surface area contributed by atoms with Crippen LogP contribution in [0.4, 0.5) is 0 Å². The molecule has 10 nitrogen and oxygen atoms in total. The van der Waals surface area contributed by atoms with Gasteiger partial charge in [-0.1, -0.05) is 29.8 Å². The highest BCUT2D eigenvalue weighted by Gasteiger charge is 2.32. The van der Waals surface area contributed by atoms with E-state index in [1.54, 1.807) is 24.3 Å². The van der Waals surface area contributed by atoms with Crippen LogP contribution in [0.2, 0.25) is 0 Å². The largest absolute Gasteiger partial charge is 0.487 e. The number of morpholine rings is 1. The van der Waals surface area contributed by atoms with Crippen LogP contribution in [-0.2, 0) is 32.9 Å². The van der Waals surface area contributed by atoms with Gasteiger partial charge < -0.3 is 19.0 Å². The van der Waals surface area contributed by atoms with Crippen molar-refractivity contribution in [1.82, 2.24) is 13.6 Å². The van der Waals surface area contributed by atoms with Crippen LogP contribution in [0.5, 0.6) is 5.75 Å². The molecule has 0 aliphatic carbocycles. The Balaban J connectivity index is 1.40. The quantitative estimate of drug-likeness (QED) is 0.437. The Labute approximate surface area is 210 Å². The van der Waals surface area contributed by atoms with Gasteiger partial charge in [-0.3, -0.25) is 4.79 Å². The molecule has 4 rings (SSSR count). The average Bonchev–Trinajstić information content (AvgIpc) is 3.24. The van der Waals surface area contributed by atoms with Crippen LogP contribution in [-0.4, -0.2) is 65.9 Å². The number of carboxylic acids is 1. The molecule has 2 aromatic carbocycles. The number of hydrogen-bond acceptors (Lipinski definition) is 7. The first-order chi connectivity index (χ1) is 17.2. The molecule has 1 aliphatic heterocycles. The SMILES string of the molecule is Cc1ccc(-c2nc(COc3ccc(CN(CC(=O)O)S(=O)(=O)N4CCOCC4)cc3)c(C)o2)cc1. The van der Waals surface area contributed by atoms with E-state index in [4.69, 9.17) is 13.9 Å². The first-order valence-corrected chi connectivity index (χ1v) is 12.9. The average molecular weight is 516 g/mol. The molecule has 1 fully saturated rings. The van der Waals surface area contributed by atoms with E-state index in [0.717, 1.165) is 15.4 Å². The number of carbonyl (C=O) groups is 1. The highest BCUT2D eigenvalue weighted by atomic mass is 32.2. The van der Waals surface area contributed by atoms with Crippen LogP contribution in [0.3, 0.4) is 0 Å². The molecular formula is C25H29N3O7S. The van der Waals surface area contributed by atoms with Crippen LogP contribution < -0.4 is 4.74 Å². The molecular weight excluding hydrogens is 486 g/mol. The molecule has 36 heavy (non-hydrogen) atoms. The van der Waals surface area contributed by atoms with Crippen molar-refractivity contribution in [3.8, 4) is 17.2 Å². The van der Waals surface area contributed by atoms with E-state index >= 15 is 0 Å². The van der Waals surface area contributed by atoms with Crippen molar-refractivity contribution in [3.05, 3.63) is 71.1 Å². The number of nitrogens with zero attached hydrogens (tertiary/aromatic N) is 3. The number of aliphatic carboxylic acids is 1. The van der Waals surface area contributed by atoms with Gasteiger partial charge in [0.1, 0.15) is 30.4 Å². The summed E-state index contributed by atoms with van der Waals surface area (Å²) in [4.78, 5) is 15.9. The number of benzene rings is 2. The minimum absolute atomic E-state index is 0.0748. The van der Waals surface area contributed by atoms with Crippen LogP contribution in [0.25, 0.3) is 11.5 Å². The van der Waals surface area contributed by atoms with E-state index < -0.39 is 22.7 Å². The van der Waals surface area contributed by atoms with Crippen molar-refractivity contribution in [2.75, 3.05) is 32.8 Å². The molecule has 0 saturated carbocycles. The fourth-order valence-electron chi connectivity index (χ4n) is 3.74. The maximum atomic E-state index is 13.0. The summed E-state index contributed by atoms with van der Waals surface area (Å²) >= 11 is 0. The molecule has 1 aromatic heterocycles. The van der Waals surface area contributed by atoms with Gasteiger partial charge in [0.05, 0.1) is 13.2 Å². The number of hydrogen-bond donors (Lipinski definition) is 1. The lowest BCUT2D eigenvalue weighted by Gasteiger charge is -2.31. The van der Waals surface area contributed by atoms with E-state index in [1.807, 2.05) is 38.1 Å². The minimum atomic E-state index is -3.95. The van der Waals surface area contributed by atoms with Gasteiger partial charge in [0.25, 0.3) is 10.2 Å². The summed E-state index contributed by atoms with van der Waals surface area (Å²) in [6.45, 7) is 4.29. The van der Waals surface area contributed by atoms with Crippen molar-refractivity contribution in [3.63, 3.8) is 0 Å². The second-order valence-corrected chi connectivity index (χ2v) is 10.4. The molecule has 192 valence electrons. The van der Waals surface area contributed by atoms with Gasteiger partial charge >= 0.3 is 5.97 Å². The Morgan fingerprint density at radius 1 is 1.08 bits per heavy atom. The predicted octanol–water partition coefficient (Wildman–Crippen LogP) is 3.00. The number of aryl methyl sites for hydroxylation is 2. The molecule has 0 amide bonds. The molecule has 0 atom stereocenters. The molecule has 11 heteroatoms. The third-order valence-electron chi connectivity index (χ3n) is 5.78. The van der Waals surface area contributed by atoms with E-state index in [2.05, 4.69) is 4.98 Å². The molecule has 1 aliphatic rings. The number of carboxylic acid groups (broad SMARTS) is 1. The molecule has 0 bridgehead atoms. The van der Waals surface area contributed by atoms with E-state index in [9.17, 15) is 18.3 Å². The number of ether oxygens (including phenoxy) is 2. The van der Waals surface area contributed by atoms with Gasteiger partial charge in [-0.2, -0.15) is 17.0 Å².